The van der Waals surface area contributed by atoms with Gasteiger partial charge in [0, 0.05) is 17.4 Å². The molecule has 0 atom stereocenters. The number of hydrogen-bond acceptors (Lipinski definition) is 1. The molecule has 0 fully saturated rings. The summed E-state index contributed by atoms with van der Waals surface area (Å²) in [4.78, 5) is 0. The number of hydrogen-bond donors (Lipinski definition) is 0. The molecule has 88 valence electrons. The minimum Gasteiger partial charge on any atom is -0.624 e. The maximum absolute atomic E-state index is 12.1. The fourth-order valence-corrected chi connectivity index (χ4v) is 2.13. The van der Waals surface area contributed by atoms with Crippen molar-refractivity contribution in [1.82, 2.24) is 0 Å². The lowest BCUT2D eigenvalue weighted by atomic mass is 9.93. The molecule has 16 heavy (non-hydrogen) atoms. The molecule has 0 radical (unpaired) electrons. The van der Waals surface area contributed by atoms with E-state index >= 15 is 0 Å². The van der Waals surface area contributed by atoms with Crippen LogP contribution in [-0.4, -0.2) is 17.0 Å². The lowest BCUT2D eigenvalue weighted by Gasteiger charge is -2.23. The largest absolute Gasteiger partial charge is 0.624 e. The van der Waals surface area contributed by atoms with Crippen molar-refractivity contribution >= 4 is 6.21 Å². The van der Waals surface area contributed by atoms with E-state index in [0.29, 0.717) is 11.8 Å². The molecule has 0 aromatic heterocycles. The molecule has 0 aliphatic carbocycles. The van der Waals surface area contributed by atoms with Crippen molar-refractivity contribution in [3.8, 4) is 0 Å². The summed E-state index contributed by atoms with van der Waals surface area (Å²) in [5.74, 6) is 0.718. The Morgan fingerprint density at radius 2 is 1.50 bits per heavy atom. The maximum atomic E-state index is 12.1. The first-order valence-corrected chi connectivity index (χ1v) is 5.87. The maximum Gasteiger partial charge on any atom is 0.182 e. The van der Waals surface area contributed by atoms with Crippen molar-refractivity contribution in [3.05, 3.63) is 41.1 Å². The minimum absolute atomic E-state index is 0.0419. The highest BCUT2D eigenvalue weighted by atomic mass is 16.5. The Bertz CT molecular complexity index is 333. The highest BCUT2D eigenvalue weighted by molar-refractivity contribution is 5.75. The second-order valence-corrected chi connectivity index (χ2v) is 4.88. The first-order valence-electron chi connectivity index (χ1n) is 5.87. The first-order chi connectivity index (χ1) is 7.52. The van der Waals surface area contributed by atoms with Crippen LogP contribution in [0.25, 0.3) is 0 Å². The van der Waals surface area contributed by atoms with Gasteiger partial charge in [0.25, 0.3) is 0 Å². The molecule has 0 N–H and O–H groups in total. The van der Waals surface area contributed by atoms with Gasteiger partial charge < -0.3 is 5.21 Å². The van der Waals surface area contributed by atoms with Gasteiger partial charge in [0.15, 0.2) is 12.3 Å². The number of rotatable bonds is 4. The predicted octanol–water partition coefficient (Wildman–Crippen LogP) is 3.30. The molecule has 0 saturated heterocycles. The van der Waals surface area contributed by atoms with Crippen molar-refractivity contribution in [3.63, 3.8) is 0 Å². The van der Waals surface area contributed by atoms with Crippen molar-refractivity contribution in [1.29, 1.82) is 0 Å². The number of benzene rings is 1. The van der Waals surface area contributed by atoms with Crippen molar-refractivity contribution in [2.24, 2.45) is 11.8 Å². The van der Waals surface area contributed by atoms with Crippen LogP contribution in [-0.2, 0) is 0 Å². The Kier molecular flexibility index (Phi) is 4.53. The fourth-order valence-electron chi connectivity index (χ4n) is 2.13. The Labute approximate surface area is 98.2 Å². The van der Waals surface area contributed by atoms with Crippen LogP contribution < -0.4 is 0 Å². The predicted molar refractivity (Wildman–Crippen MR) is 68.7 cm³/mol. The average Bonchev–Trinajstić information content (AvgIpc) is 2.17. The fraction of sp³-hybridized carbons (Fsp3) is 0.500. The summed E-state index contributed by atoms with van der Waals surface area (Å²) >= 11 is 0. The zero-order valence-electron chi connectivity index (χ0n) is 10.6. The highest BCUT2D eigenvalue weighted by Gasteiger charge is 2.24. The third-order valence-electron chi connectivity index (χ3n) is 2.74. The molecule has 2 nitrogen and oxygen atoms in total. The lowest BCUT2D eigenvalue weighted by molar-refractivity contribution is -0.514. The molecule has 0 saturated carbocycles. The van der Waals surface area contributed by atoms with Crippen LogP contribution in [0.1, 0.15) is 33.3 Å². The molecule has 1 rings (SSSR count). The van der Waals surface area contributed by atoms with Crippen molar-refractivity contribution < 1.29 is 4.74 Å². The Morgan fingerprint density at radius 1 is 1.00 bits per heavy atom. The SMILES string of the molecule is CC(C)C(C(C)C)[N+]([O-])=Cc1ccccc1. The standard InChI is InChI=1S/C14H21NO/c1-11(2)14(12(3)4)15(16)10-13-8-6-5-7-9-13/h5-12,14H,1-4H3. The molecule has 0 spiro atoms. The summed E-state index contributed by atoms with van der Waals surface area (Å²) in [5, 5.41) is 12.1. The van der Waals surface area contributed by atoms with Gasteiger partial charge in [-0.3, -0.25) is 0 Å². The van der Waals surface area contributed by atoms with E-state index < -0.39 is 0 Å². The molecule has 0 amide bonds. The van der Waals surface area contributed by atoms with Crippen LogP contribution >= 0.6 is 0 Å². The number of hydroxylamine groups is 1. The molecule has 0 aliphatic rings. The van der Waals surface area contributed by atoms with E-state index in [-0.39, 0.29) is 6.04 Å². The van der Waals surface area contributed by atoms with E-state index in [9.17, 15) is 5.21 Å². The van der Waals surface area contributed by atoms with Crippen LogP contribution in [0.4, 0.5) is 0 Å². The Morgan fingerprint density at radius 3 is 1.94 bits per heavy atom. The lowest BCUT2D eigenvalue weighted by Crippen LogP contribution is -2.33. The van der Waals surface area contributed by atoms with Gasteiger partial charge in [-0.1, -0.05) is 45.9 Å². The Balaban J connectivity index is 2.91. The summed E-state index contributed by atoms with van der Waals surface area (Å²) in [6.07, 6.45) is 1.69. The van der Waals surface area contributed by atoms with E-state index in [2.05, 4.69) is 27.7 Å². The zero-order valence-corrected chi connectivity index (χ0v) is 10.6. The van der Waals surface area contributed by atoms with Gasteiger partial charge in [-0.05, 0) is 12.1 Å². The van der Waals surface area contributed by atoms with Gasteiger partial charge in [0.05, 0.1) is 0 Å². The van der Waals surface area contributed by atoms with Crippen molar-refractivity contribution in [2.45, 2.75) is 33.7 Å². The Hall–Kier alpha value is -1.31. The van der Waals surface area contributed by atoms with E-state index in [0.717, 1.165) is 10.3 Å². The highest BCUT2D eigenvalue weighted by Crippen LogP contribution is 2.15. The van der Waals surface area contributed by atoms with Crippen LogP contribution in [0, 0.1) is 17.0 Å². The molecule has 1 aromatic carbocycles. The van der Waals surface area contributed by atoms with Crippen LogP contribution in [0.5, 0.6) is 0 Å². The summed E-state index contributed by atoms with van der Waals surface area (Å²) in [5.41, 5.74) is 0.962. The smallest absolute Gasteiger partial charge is 0.182 e. The van der Waals surface area contributed by atoms with Gasteiger partial charge >= 0.3 is 0 Å². The summed E-state index contributed by atoms with van der Waals surface area (Å²) < 4.78 is 1.10. The van der Waals surface area contributed by atoms with Crippen LogP contribution in [0.3, 0.4) is 0 Å². The van der Waals surface area contributed by atoms with E-state index in [1.807, 2.05) is 30.3 Å². The topological polar surface area (TPSA) is 26.1 Å². The average molecular weight is 219 g/mol. The summed E-state index contributed by atoms with van der Waals surface area (Å²) in [7, 11) is 0. The zero-order chi connectivity index (χ0) is 12.1. The molecule has 1 aromatic rings. The normalized spacial score (nSPS) is 12.8. The monoisotopic (exact) mass is 219 g/mol. The van der Waals surface area contributed by atoms with Gasteiger partial charge in [0.1, 0.15) is 0 Å². The van der Waals surface area contributed by atoms with Gasteiger partial charge in [-0.25, -0.2) is 4.74 Å². The van der Waals surface area contributed by atoms with E-state index in [1.54, 1.807) is 6.21 Å². The molecular weight excluding hydrogens is 198 g/mol. The first kappa shape index (κ1) is 12.8. The molecule has 2 heteroatoms. The van der Waals surface area contributed by atoms with Crippen LogP contribution in [0.2, 0.25) is 0 Å². The molecule has 0 heterocycles. The third kappa shape index (κ3) is 3.37. The quantitative estimate of drug-likeness (QED) is 0.330. The third-order valence-corrected chi connectivity index (χ3v) is 2.74. The van der Waals surface area contributed by atoms with E-state index in [1.165, 1.54) is 0 Å². The molecule has 0 unspecified atom stereocenters. The van der Waals surface area contributed by atoms with Gasteiger partial charge in [0.2, 0.25) is 0 Å². The van der Waals surface area contributed by atoms with Gasteiger partial charge in [-0.2, -0.15) is 0 Å². The summed E-state index contributed by atoms with van der Waals surface area (Å²) in [6.45, 7) is 8.37. The van der Waals surface area contributed by atoms with Crippen LogP contribution in [0.15, 0.2) is 30.3 Å². The second kappa shape index (κ2) is 5.69. The van der Waals surface area contributed by atoms with Crippen molar-refractivity contribution in [2.75, 3.05) is 0 Å². The minimum atomic E-state index is 0.0419. The molecular formula is C14H21NO. The molecule has 0 aliphatic heterocycles. The number of nitrogens with zero attached hydrogens (tertiary/aromatic N) is 1. The molecule has 0 bridgehead atoms. The van der Waals surface area contributed by atoms with Gasteiger partial charge in [-0.15, -0.1) is 0 Å². The second-order valence-electron chi connectivity index (χ2n) is 4.88. The summed E-state index contributed by atoms with van der Waals surface area (Å²) in [6, 6.07) is 9.78. The van der Waals surface area contributed by atoms with E-state index in [4.69, 9.17) is 0 Å².